The van der Waals surface area contributed by atoms with Crippen molar-refractivity contribution >= 4 is 53.0 Å². The number of carbonyl (C=O) groups is 9. The van der Waals surface area contributed by atoms with Crippen LogP contribution in [0.25, 0.3) is 0 Å². The van der Waals surface area contributed by atoms with Gasteiger partial charge in [0.25, 0.3) is 11.8 Å². The van der Waals surface area contributed by atoms with Crippen molar-refractivity contribution in [3.63, 3.8) is 0 Å². The molecular weight excluding hydrogens is 1140 g/mol. The van der Waals surface area contributed by atoms with E-state index in [1.165, 1.54) is 37.5 Å². The van der Waals surface area contributed by atoms with Gasteiger partial charge in [-0.2, -0.15) is 0 Å². The molecule has 0 radical (unpaired) electrons. The summed E-state index contributed by atoms with van der Waals surface area (Å²) < 4.78 is 45.0. The van der Waals surface area contributed by atoms with Crippen molar-refractivity contribution in [1.82, 2.24) is 26.2 Å². The molecule has 5 aliphatic rings. The van der Waals surface area contributed by atoms with Crippen LogP contribution in [0.1, 0.15) is 127 Å². The minimum atomic E-state index is -2.38. The molecule has 7 rings (SSSR count). The van der Waals surface area contributed by atoms with Gasteiger partial charge in [0, 0.05) is 92.5 Å². The molecule has 7 unspecified atom stereocenters. The Morgan fingerprint density at radius 2 is 1.41 bits per heavy atom. The summed E-state index contributed by atoms with van der Waals surface area (Å²) in [6.45, 7) is 4.10. The highest BCUT2D eigenvalue weighted by molar-refractivity contribution is 6.31. The molecule has 9 N–H and O–H groups in total. The number of alkyl carbamates (subject to hydrolysis) is 1. The smallest absolute Gasteiger partial charge is 0.408 e. The van der Waals surface area contributed by atoms with Crippen LogP contribution in [0.2, 0.25) is 0 Å². The number of rotatable bonds is 32. The summed E-state index contributed by atoms with van der Waals surface area (Å²) in [7, 11) is 1.30. The normalized spacial score (nSPS) is 23.6. The van der Waals surface area contributed by atoms with Gasteiger partial charge in [-0.05, 0) is 57.1 Å². The summed E-state index contributed by atoms with van der Waals surface area (Å²) in [6.07, 6.45) is 2.84. The number of nitrogens with zero attached hydrogens (tertiary/aromatic N) is 1. The number of hydrogen-bond donors (Lipinski definition) is 9. The second-order valence-corrected chi connectivity index (χ2v) is 22.0. The fourth-order valence-electron chi connectivity index (χ4n) is 10.9. The minimum Gasteiger partial charge on any atom is -0.507 e. The van der Waals surface area contributed by atoms with Crippen molar-refractivity contribution in [3.05, 3.63) is 75.9 Å². The minimum absolute atomic E-state index is 0.0113. The molecule has 1 saturated heterocycles. The van der Waals surface area contributed by atoms with E-state index in [0.29, 0.717) is 91.3 Å². The molecule has 0 bridgehead atoms. The Labute approximate surface area is 502 Å². The molecule has 27 nitrogen and oxygen atoms in total. The monoisotopic (exact) mass is 1220 g/mol. The molecule has 2 aromatic carbocycles. The fourth-order valence-corrected chi connectivity index (χ4v) is 10.9. The lowest BCUT2D eigenvalue weighted by atomic mass is 9.72. The maximum atomic E-state index is 14.0. The first-order valence-electron chi connectivity index (χ1n) is 29.3. The van der Waals surface area contributed by atoms with E-state index in [2.05, 4.69) is 21.3 Å². The van der Waals surface area contributed by atoms with Gasteiger partial charge < -0.3 is 84.7 Å². The van der Waals surface area contributed by atoms with Crippen LogP contribution in [0.5, 0.6) is 17.2 Å². The molecule has 2 heterocycles. The maximum Gasteiger partial charge on any atom is 0.408 e. The molecule has 2 aromatic rings. The first-order valence-corrected chi connectivity index (χ1v) is 29.3. The van der Waals surface area contributed by atoms with Crippen LogP contribution in [-0.2, 0) is 68.3 Å². The SMILES string of the molecule is COc1cccc2c1C(=O)c1c(O)c3c(c(O)c1C2=O)CC(O)(C(=O)CO)CC3OC1CC(NC(=O)OC2/C=C/CCC(C)(C(=O)NCCCCCNC(=O)CCOCCOCCOCCOCCNC(=O)CCN3C(=O)C=CC3=O)CC2)C(O)CO1. The van der Waals surface area contributed by atoms with Crippen LogP contribution < -0.4 is 26.0 Å². The second-order valence-electron chi connectivity index (χ2n) is 22.0. The number of imide groups is 1. The van der Waals surface area contributed by atoms with E-state index in [4.69, 9.17) is 37.9 Å². The van der Waals surface area contributed by atoms with Gasteiger partial charge >= 0.3 is 6.09 Å². The molecular formula is C60H79N5O22. The summed E-state index contributed by atoms with van der Waals surface area (Å²) in [5.41, 5.74) is -5.02. The topological polar surface area (TPSA) is 380 Å². The average molecular weight is 1220 g/mol. The zero-order valence-corrected chi connectivity index (χ0v) is 48.9. The van der Waals surface area contributed by atoms with Gasteiger partial charge in [0.2, 0.25) is 23.5 Å². The van der Waals surface area contributed by atoms with Crippen LogP contribution >= 0.6 is 0 Å². The molecule has 27 heteroatoms. The Bertz CT molecular complexity index is 2880. The molecule has 3 aliphatic carbocycles. The Balaban J connectivity index is 0.745. The van der Waals surface area contributed by atoms with E-state index in [1.807, 2.05) is 13.0 Å². The zero-order chi connectivity index (χ0) is 62.7. The number of hydrogen-bond acceptors (Lipinski definition) is 22. The first-order chi connectivity index (χ1) is 41.8. The van der Waals surface area contributed by atoms with Crippen LogP contribution in [0.4, 0.5) is 4.79 Å². The quantitative estimate of drug-likeness (QED) is 0.0183. The number of benzene rings is 2. The van der Waals surface area contributed by atoms with Gasteiger partial charge in [-0.25, -0.2) is 4.79 Å². The van der Waals surface area contributed by atoms with E-state index in [9.17, 15) is 68.7 Å². The number of allylic oxidation sites excluding steroid dienone is 1. The predicted octanol–water partition coefficient (Wildman–Crippen LogP) is 1.18. The number of amides is 6. The lowest BCUT2D eigenvalue weighted by molar-refractivity contribution is -0.225. The summed E-state index contributed by atoms with van der Waals surface area (Å²) in [5.74, 6) is -5.65. The average Bonchev–Trinajstić information content (AvgIpc) is 1.01. The number of Topliss-reactive ketones (excluding diaryl/α,β-unsaturated/α-hetero) is 1. The summed E-state index contributed by atoms with van der Waals surface area (Å²) in [6, 6.07) is 3.23. The largest absolute Gasteiger partial charge is 0.507 e. The Hall–Kier alpha value is -7.21. The number of aliphatic hydroxyl groups is 3. The van der Waals surface area contributed by atoms with E-state index >= 15 is 0 Å². The third kappa shape index (κ3) is 17.7. The number of nitrogens with one attached hydrogen (secondary N) is 4. The van der Waals surface area contributed by atoms with Crippen molar-refractivity contribution in [2.45, 2.75) is 120 Å². The van der Waals surface area contributed by atoms with Crippen molar-refractivity contribution < 1.29 is 107 Å². The van der Waals surface area contributed by atoms with Crippen molar-refractivity contribution in [2.24, 2.45) is 5.41 Å². The number of carbonyl (C=O) groups excluding carboxylic acids is 9. The summed E-state index contributed by atoms with van der Waals surface area (Å²) in [5, 5.41) is 67.2. The van der Waals surface area contributed by atoms with Gasteiger partial charge in [-0.1, -0.05) is 25.1 Å². The van der Waals surface area contributed by atoms with Gasteiger partial charge in [-0.3, -0.25) is 43.3 Å². The number of unbranched alkanes of at least 4 members (excludes halogenated alkanes) is 2. The van der Waals surface area contributed by atoms with E-state index in [-0.39, 0.29) is 97.9 Å². The van der Waals surface area contributed by atoms with Gasteiger partial charge in [0.05, 0.1) is 102 Å². The number of ketones is 3. The van der Waals surface area contributed by atoms with E-state index < -0.39 is 119 Å². The van der Waals surface area contributed by atoms with Crippen molar-refractivity contribution in [2.75, 3.05) is 99.4 Å². The Morgan fingerprint density at radius 1 is 0.770 bits per heavy atom. The van der Waals surface area contributed by atoms with Crippen LogP contribution in [0.3, 0.4) is 0 Å². The predicted molar refractivity (Wildman–Crippen MR) is 303 cm³/mol. The summed E-state index contributed by atoms with van der Waals surface area (Å²) >= 11 is 0. The van der Waals surface area contributed by atoms with E-state index in [1.54, 1.807) is 6.08 Å². The molecule has 0 saturated carbocycles. The Kier molecular flexibility index (Phi) is 24.9. The molecule has 0 aromatic heterocycles. The third-order valence-corrected chi connectivity index (χ3v) is 15.8. The molecule has 6 amide bonds. The number of methoxy groups -OCH3 is 1. The fraction of sp³-hybridized carbons (Fsp3) is 0.583. The molecule has 476 valence electrons. The third-order valence-electron chi connectivity index (χ3n) is 15.8. The van der Waals surface area contributed by atoms with Crippen LogP contribution in [0.15, 0.2) is 42.5 Å². The number of aliphatic hydroxyl groups excluding tert-OH is 2. The second kappa shape index (κ2) is 32.1. The van der Waals surface area contributed by atoms with Crippen molar-refractivity contribution in [3.8, 4) is 17.2 Å². The lowest BCUT2D eigenvalue weighted by Crippen LogP contribution is -2.53. The van der Waals surface area contributed by atoms with Gasteiger partial charge in [-0.15, -0.1) is 0 Å². The number of aromatic hydroxyl groups is 2. The standard InChI is InChI=1S/C60H79N5O22/c1-59(57(77)63-20-7-3-6-19-61-45(70)16-23-81-25-27-83-29-30-84-28-26-82-24-21-62-44(69)15-22-65-46(71)12-13-47(65)72)17-5-4-9-36(14-18-59)86-58(78)64-39-31-48(85-35-40(39)67)87-42-33-60(79,43(68)34-66)32-38-50(42)56(76)52-51(54(38)74)53(73)37-10-8-11-41(80-2)49(37)55(52)75/h4,8-13,36,39-40,42,48,66-67,74,76,79H,3,5-7,14-35H2,1-2H3,(H,61,70)(H,62,69)(H,63,77)(H,64,78)/b9-4+. The first kappa shape index (κ1) is 67.3. The van der Waals surface area contributed by atoms with E-state index in [0.717, 1.165) is 11.3 Å². The van der Waals surface area contributed by atoms with Gasteiger partial charge in [0.1, 0.15) is 35.6 Å². The van der Waals surface area contributed by atoms with Crippen LogP contribution in [0, 0.1) is 5.41 Å². The molecule has 1 fully saturated rings. The lowest BCUT2D eigenvalue weighted by Gasteiger charge is -2.41. The van der Waals surface area contributed by atoms with Crippen molar-refractivity contribution in [1.29, 1.82) is 0 Å². The van der Waals surface area contributed by atoms with Crippen LogP contribution in [-0.4, -0.2) is 213 Å². The summed E-state index contributed by atoms with van der Waals surface area (Å²) in [4.78, 5) is 116. The molecule has 0 spiro atoms. The maximum absolute atomic E-state index is 14.0. The Morgan fingerprint density at radius 3 is 2.10 bits per heavy atom. The highest BCUT2D eigenvalue weighted by Gasteiger charge is 2.50. The number of ether oxygens (including phenoxy) is 8. The highest BCUT2D eigenvalue weighted by atomic mass is 16.7. The molecule has 2 aliphatic heterocycles. The zero-order valence-electron chi connectivity index (χ0n) is 48.9. The highest BCUT2D eigenvalue weighted by Crippen LogP contribution is 2.52. The number of fused-ring (bicyclic) bond motifs is 3. The van der Waals surface area contributed by atoms with Gasteiger partial charge in [0.15, 0.2) is 17.9 Å². The number of phenolic OH excluding ortho intramolecular Hbond substituents is 2. The molecule has 7 atom stereocenters. The number of phenols is 2. The molecule has 87 heavy (non-hydrogen) atoms.